The van der Waals surface area contributed by atoms with Crippen LogP contribution in [0.1, 0.15) is 27.6 Å². The summed E-state index contributed by atoms with van der Waals surface area (Å²) in [4.78, 5) is 34.2. The number of para-hydroxylation sites is 1. The van der Waals surface area contributed by atoms with Crippen LogP contribution >= 0.6 is 0 Å². The van der Waals surface area contributed by atoms with Gasteiger partial charge in [0.25, 0.3) is 17.5 Å². The Labute approximate surface area is 137 Å². The molecule has 0 saturated heterocycles. The molecule has 8 nitrogen and oxygen atoms in total. The van der Waals surface area contributed by atoms with Crippen LogP contribution < -0.4 is 15.6 Å². The smallest absolute Gasteiger partial charge is 0.273 e. The SMILES string of the molecule is CCOc1ccccc1C(=O)NNC(=O)c1cccc([N+](=O)[O-])c1. The Morgan fingerprint density at radius 3 is 2.50 bits per heavy atom. The average Bonchev–Trinajstić information content (AvgIpc) is 2.60. The maximum Gasteiger partial charge on any atom is 0.273 e. The molecule has 124 valence electrons. The number of amides is 2. The fraction of sp³-hybridized carbons (Fsp3) is 0.125. The summed E-state index contributed by atoms with van der Waals surface area (Å²) in [7, 11) is 0. The zero-order valence-corrected chi connectivity index (χ0v) is 12.8. The predicted octanol–water partition coefficient (Wildman–Crippen LogP) is 2.07. The maximum absolute atomic E-state index is 12.1. The molecule has 0 radical (unpaired) electrons. The van der Waals surface area contributed by atoms with Crippen molar-refractivity contribution in [3.05, 3.63) is 69.8 Å². The van der Waals surface area contributed by atoms with Crippen LogP contribution in [0, 0.1) is 10.1 Å². The number of hydrogen-bond donors (Lipinski definition) is 2. The van der Waals surface area contributed by atoms with Crippen LogP contribution in [-0.2, 0) is 0 Å². The maximum atomic E-state index is 12.1. The number of rotatable bonds is 5. The molecule has 2 aromatic rings. The van der Waals surface area contributed by atoms with E-state index in [4.69, 9.17) is 4.74 Å². The van der Waals surface area contributed by atoms with E-state index >= 15 is 0 Å². The van der Waals surface area contributed by atoms with Crippen LogP contribution in [0.3, 0.4) is 0 Å². The summed E-state index contributed by atoms with van der Waals surface area (Å²) in [6.07, 6.45) is 0. The number of carbonyl (C=O) groups is 2. The lowest BCUT2D eigenvalue weighted by molar-refractivity contribution is -0.384. The minimum absolute atomic E-state index is 0.0580. The summed E-state index contributed by atoms with van der Waals surface area (Å²) in [6, 6.07) is 11.8. The normalized spacial score (nSPS) is 9.88. The number of nitrogens with zero attached hydrogens (tertiary/aromatic N) is 1. The number of nitrogens with one attached hydrogen (secondary N) is 2. The molecular weight excluding hydrogens is 314 g/mol. The van der Waals surface area contributed by atoms with Crippen LogP contribution in [-0.4, -0.2) is 23.3 Å². The zero-order chi connectivity index (χ0) is 17.5. The first kappa shape index (κ1) is 16.9. The van der Waals surface area contributed by atoms with Crippen molar-refractivity contribution in [1.82, 2.24) is 10.9 Å². The van der Waals surface area contributed by atoms with Gasteiger partial charge < -0.3 is 4.74 Å². The van der Waals surface area contributed by atoms with E-state index in [1.165, 1.54) is 18.2 Å². The van der Waals surface area contributed by atoms with E-state index in [-0.39, 0.29) is 16.8 Å². The summed E-state index contributed by atoms with van der Waals surface area (Å²) in [5, 5.41) is 10.7. The second-order valence-corrected chi connectivity index (χ2v) is 4.64. The lowest BCUT2D eigenvalue weighted by Crippen LogP contribution is -2.41. The summed E-state index contributed by atoms with van der Waals surface area (Å²) in [6.45, 7) is 2.18. The molecule has 0 atom stereocenters. The predicted molar refractivity (Wildman–Crippen MR) is 85.6 cm³/mol. The largest absolute Gasteiger partial charge is 0.493 e. The van der Waals surface area contributed by atoms with E-state index in [1.807, 2.05) is 0 Å². The molecule has 2 aromatic carbocycles. The van der Waals surface area contributed by atoms with Gasteiger partial charge in [-0.25, -0.2) is 0 Å². The van der Waals surface area contributed by atoms with Gasteiger partial charge in [-0.1, -0.05) is 18.2 Å². The van der Waals surface area contributed by atoms with Gasteiger partial charge >= 0.3 is 0 Å². The summed E-state index contributed by atoms with van der Waals surface area (Å²) in [5.74, 6) is -0.833. The minimum Gasteiger partial charge on any atom is -0.493 e. The minimum atomic E-state index is -0.666. The molecule has 0 aromatic heterocycles. The Morgan fingerprint density at radius 2 is 1.79 bits per heavy atom. The summed E-state index contributed by atoms with van der Waals surface area (Å²) >= 11 is 0. The van der Waals surface area contributed by atoms with E-state index in [0.29, 0.717) is 12.4 Å². The van der Waals surface area contributed by atoms with Gasteiger partial charge in [0.2, 0.25) is 0 Å². The molecule has 24 heavy (non-hydrogen) atoms. The third-order valence-electron chi connectivity index (χ3n) is 3.04. The number of nitro benzene ring substituents is 1. The van der Waals surface area contributed by atoms with Crippen molar-refractivity contribution in [2.24, 2.45) is 0 Å². The molecule has 0 saturated carbocycles. The monoisotopic (exact) mass is 329 g/mol. The van der Waals surface area contributed by atoms with E-state index in [2.05, 4.69) is 10.9 Å². The lowest BCUT2D eigenvalue weighted by atomic mass is 10.2. The summed E-state index contributed by atoms with van der Waals surface area (Å²) < 4.78 is 5.34. The third-order valence-corrected chi connectivity index (χ3v) is 3.04. The second-order valence-electron chi connectivity index (χ2n) is 4.64. The number of benzene rings is 2. The Morgan fingerprint density at radius 1 is 1.08 bits per heavy atom. The van der Waals surface area contributed by atoms with Crippen LogP contribution in [0.25, 0.3) is 0 Å². The highest BCUT2D eigenvalue weighted by Gasteiger charge is 2.15. The molecule has 0 heterocycles. The highest BCUT2D eigenvalue weighted by molar-refractivity contribution is 6.00. The molecule has 0 fully saturated rings. The van der Waals surface area contributed by atoms with Gasteiger partial charge in [0.05, 0.1) is 17.1 Å². The van der Waals surface area contributed by atoms with Crippen molar-refractivity contribution >= 4 is 17.5 Å². The van der Waals surface area contributed by atoms with Crippen molar-refractivity contribution in [2.75, 3.05) is 6.61 Å². The zero-order valence-electron chi connectivity index (χ0n) is 12.8. The first-order valence-electron chi connectivity index (χ1n) is 7.10. The number of non-ortho nitro benzene ring substituents is 1. The van der Waals surface area contributed by atoms with Gasteiger partial charge in [0, 0.05) is 17.7 Å². The first-order chi connectivity index (χ1) is 11.5. The number of carbonyl (C=O) groups excluding carboxylic acids is 2. The van der Waals surface area contributed by atoms with Gasteiger partial charge in [0.15, 0.2) is 0 Å². The van der Waals surface area contributed by atoms with Crippen LogP contribution in [0.5, 0.6) is 5.75 Å². The molecule has 2 rings (SSSR count). The molecule has 0 bridgehead atoms. The van der Waals surface area contributed by atoms with Gasteiger partial charge in [-0.15, -0.1) is 0 Å². The highest BCUT2D eigenvalue weighted by Crippen LogP contribution is 2.17. The van der Waals surface area contributed by atoms with Crippen LogP contribution in [0.15, 0.2) is 48.5 Å². The molecule has 0 aliphatic carbocycles. The van der Waals surface area contributed by atoms with E-state index < -0.39 is 16.7 Å². The van der Waals surface area contributed by atoms with E-state index in [1.54, 1.807) is 31.2 Å². The van der Waals surface area contributed by atoms with Crippen molar-refractivity contribution in [3.63, 3.8) is 0 Å². The average molecular weight is 329 g/mol. The van der Waals surface area contributed by atoms with Gasteiger partial charge in [0.1, 0.15) is 5.75 Å². The Bertz CT molecular complexity index is 776. The summed E-state index contributed by atoms with van der Waals surface area (Å²) in [5.41, 5.74) is 4.58. The van der Waals surface area contributed by atoms with Gasteiger partial charge in [-0.2, -0.15) is 0 Å². The Hall–Kier alpha value is -3.42. The topological polar surface area (TPSA) is 111 Å². The molecule has 2 N–H and O–H groups in total. The standard InChI is InChI=1S/C16H15N3O5/c1-2-24-14-9-4-3-8-13(14)16(21)18-17-15(20)11-6-5-7-12(10-11)19(22)23/h3-10H,2H2,1H3,(H,17,20)(H,18,21). The Balaban J connectivity index is 2.05. The number of hydrogen-bond acceptors (Lipinski definition) is 5. The fourth-order valence-corrected chi connectivity index (χ4v) is 1.95. The van der Waals surface area contributed by atoms with Crippen LogP contribution in [0.2, 0.25) is 0 Å². The fourth-order valence-electron chi connectivity index (χ4n) is 1.95. The van der Waals surface area contributed by atoms with Crippen molar-refractivity contribution < 1.29 is 19.2 Å². The second kappa shape index (κ2) is 7.73. The molecule has 2 amide bonds. The number of nitro groups is 1. The third kappa shape index (κ3) is 4.07. The Kier molecular flexibility index (Phi) is 5.45. The number of ether oxygens (including phenoxy) is 1. The molecule has 0 aliphatic heterocycles. The van der Waals surface area contributed by atoms with E-state index in [0.717, 1.165) is 6.07 Å². The molecule has 0 unspecified atom stereocenters. The molecule has 0 aliphatic rings. The van der Waals surface area contributed by atoms with E-state index in [9.17, 15) is 19.7 Å². The van der Waals surface area contributed by atoms with Crippen molar-refractivity contribution in [2.45, 2.75) is 6.92 Å². The molecule has 0 spiro atoms. The van der Waals surface area contributed by atoms with Gasteiger partial charge in [-0.3, -0.25) is 30.6 Å². The lowest BCUT2D eigenvalue weighted by Gasteiger charge is -2.11. The quantitative estimate of drug-likeness (QED) is 0.644. The van der Waals surface area contributed by atoms with Gasteiger partial charge in [-0.05, 0) is 25.1 Å². The highest BCUT2D eigenvalue weighted by atomic mass is 16.6. The first-order valence-corrected chi connectivity index (χ1v) is 7.10. The molecule has 8 heteroatoms. The molecular formula is C16H15N3O5. The number of hydrazine groups is 1. The van der Waals surface area contributed by atoms with Crippen LogP contribution in [0.4, 0.5) is 5.69 Å². The van der Waals surface area contributed by atoms with Crippen molar-refractivity contribution in [3.8, 4) is 5.75 Å². The van der Waals surface area contributed by atoms with Crippen molar-refractivity contribution in [1.29, 1.82) is 0 Å².